The number of benzene rings is 1. The minimum atomic E-state index is -0.875. The van der Waals surface area contributed by atoms with E-state index in [0.717, 1.165) is 5.69 Å². The average Bonchev–Trinajstić information content (AvgIpc) is 2.58. The highest BCUT2D eigenvalue weighted by atomic mass is 16.6. The van der Waals surface area contributed by atoms with Crippen LogP contribution in [-0.4, -0.2) is 23.8 Å². The van der Waals surface area contributed by atoms with Gasteiger partial charge in [-0.2, -0.15) is 0 Å². The number of anilines is 1. The fourth-order valence-electron chi connectivity index (χ4n) is 1.72. The van der Waals surface area contributed by atoms with E-state index in [1.165, 1.54) is 13.0 Å². The first kappa shape index (κ1) is 10.7. The molecule has 1 aliphatic heterocycles. The summed E-state index contributed by atoms with van der Waals surface area (Å²) >= 11 is 0. The summed E-state index contributed by atoms with van der Waals surface area (Å²) in [6.07, 6.45) is -0.875. The van der Waals surface area contributed by atoms with Crippen molar-refractivity contribution in [2.24, 2.45) is 0 Å². The largest absolute Gasteiger partial charge is 0.471 e. The zero-order chi connectivity index (χ0) is 11.9. The molecule has 0 spiro atoms. The van der Waals surface area contributed by atoms with E-state index in [-0.39, 0.29) is 5.69 Å². The Balaban J connectivity index is 2.59. The highest BCUT2D eigenvalue weighted by Crippen LogP contribution is 2.40. The highest BCUT2D eigenvalue weighted by molar-refractivity contribution is 5.67. The summed E-state index contributed by atoms with van der Waals surface area (Å²) in [4.78, 5) is 12.1. The quantitative estimate of drug-likeness (QED) is 0.607. The van der Waals surface area contributed by atoms with Crippen molar-refractivity contribution < 1.29 is 14.8 Å². The second kappa shape index (κ2) is 3.64. The van der Waals surface area contributed by atoms with E-state index in [1.54, 1.807) is 6.07 Å². The van der Waals surface area contributed by atoms with Gasteiger partial charge in [0.2, 0.25) is 0 Å². The minimum absolute atomic E-state index is 0.107. The number of nitrogens with zero attached hydrogens (tertiary/aromatic N) is 2. The molecular weight excluding hydrogens is 212 g/mol. The van der Waals surface area contributed by atoms with Gasteiger partial charge in [-0.1, -0.05) is 0 Å². The fourth-order valence-corrected chi connectivity index (χ4v) is 1.72. The molecule has 0 fully saturated rings. The first-order valence-corrected chi connectivity index (χ1v) is 4.85. The van der Waals surface area contributed by atoms with E-state index in [1.807, 2.05) is 11.9 Å². The van der Waals surface area contributed by atoms with Crippen molar-refractivity contribution in [3.05, 3.63) is 27.8 Å². The van der Waals surface area contributed by atoms with Crippen LogP contribution in [0.25, 0.3) is 0 Å². The van der Waals surface area contributed by atoms with Crippen LogP contribution in [-0.2, 0) is 0 Å². The summed E-state index contributed by atoms with van der Waals surface area (Å²) < 4.78 is 5.28. The molecule has 0 aromatic heterocycles. The molecule has 2 rings (SSSR count). The first-order chi connectivity index (χ1) is 7.50. The third-order valence-electron chi connectivity index (χ3n) is 2.58. The summed E-state index contributed by atoms with van der Waals surface area (Å²) in [6, 6.07) is 2.96. The first-order valence-electron chi connectivity index (χ1n) is 4.85. The maximum Gasteiger partial charge on any atom is 0.279 e. The highest BCUT2D eigenvalue weighted by Gasteiger charge is 2.26. The Morgan fingerprint density at radius 3 is 2.88 bits per heavy atom. The van der Waals surface area contributed by atoms with Crippen LogP contribution in [0.2, 0.25) is 0 Å². The second-order valence-electron chi connectivity index (χ2n) is 3.78. The molecule has 86 valence electrons. The zero-order valence-corrected chi connectivity index (χ0v) is 9.01. The predicted octanol–water partition coefficient (Wildman–Crippen LogP) is 1.43. The molecule has 1 atom stereocenters. The van der Waals surface area contributed by atoms with E-state index in [2.05, 4.69) is 0 Å². The van der Waals surface area contributed by atoms with Gasteiger partial charge in [0, 0.05) is 7.05 Å². The molecule has 0 amide bonds. The molecule has 1 heterocycles. The number of aliphatic hydroxyl groups excluding tert-OH is 1. The summed E-state index contributed by atoms with van der Waals surface area (Å²) in [6.45, 7) is 1.88. The zero-order valence-electron chi connectivity index (χ0n) is 9.01. The van der Waals surface area contributed by atoms with Gasteiger partial charge in [-0.15, -0.1) is 0 Å². The average molecular weight is 224 g/mol. The van der Waals surface area contributed by atoms with Crippen LogP contribution in [0.4, 0.5) is 11.4 Å². The molecule has 1 N–H and O–H groups in total. The van der Waals surface area contributed by atoms with Gasteiger partial charge in [0.15, 0.2) is 12.5 Å². The van der Waals surface area contributed by atoms with E-state index in [0.29, 0.717) is 18.0 Å². The van der Waals surface area contributed by atoms with Crippen LogP contribution in [0.3, 0.4) is 0 Å². The van der Waals surface area contributed by atoms with Gasteiger partial charge in [0.25, 0.3) is 5.69 Å². The van der Waals surface area contributed by atoms with Crippen molar-refractivity contribution in [1.82, 2.24) is 0 Å². The molecule has 1 unspecified atom stereocenters. The Labute approximate surface area is 92.2 Å². The Morgan fingerprint density at radius 1 is 1.62 bits per heavy atom. The van der Waals surface area contributed by atoms with Crippen LogP contribution in [0.5, 0.6) is 5.75 Å². The summed E-state index contributed by atoms with van der Waals surface area (Å²) in [5, 5.41) is 20.3. The van der Waals surface area contributed by atoms with Crippen molar-refractivity contribution in [2.45, 2.75) is 13.0 Å². The van der Waals surface area contributed by atoms with Gasteiger partial charge < -0.3 is 14.7 Å². The Hall–Kier alpha value is -1.82. The van der Waals surface area contributed by atoms with Gasteiger partial charge >= 0.3 is 0 Å². The number of fused-ring (bicyclic) bond motifs is 1. The van der Waals surface area contributed by atoms with Crippen molar-refractivity contribution in [1.29, 1.82) is 0 Å². The van der Waals surface area contributed by atoms with Crippen molar-refractivity contribution >= 4 is 11.4 Å². The normalized spacial score (nSPS) is 15.6. The van der Waals surface area contributed by atoms with Crippen LogP contribution < -0.4 is 9.64 Å². The Morgan fingerprint density at radius 2 is 2.31 bits per heavy atom. The van der Waals surface area contributed by atoms with E-state index in [4.69, 9.17) is 4.74 Å². The number of aliphatic hydroxyl groups is 1. The number of nitro groups is 1. The van der Waals surface area contributed by atoms with Gasteiger partial charge in [-0.25, -0.2) is 0 Å². The molecule has 0 saturated carbocycles. The molecule has 6 nitrogen and oxygen atoms in total. The molecule has 0 aliphatic carbocycles. The maximum absolute atomic E-state index is 10.8. The van der Waals surface area contributed by atoms with E-state index < -0.39 is 11.0 Å². The fraction of sp³-hybridized carbons (Fsp3) is 0.400. The van der Waals surface area contributed by atoms with Gasteiger partial charge in [0.1, 0.15) is 0 Å². The lowest BCUT2D eigenvalue weighted by molar-refractivity contribution is -0.386. The number of nitro benzene ring substituents is 1. The number of ether oxygens (including phenoxy) is 1. The maximum atomic E-state index is 10.8. The SMILES string of the molecule is CC(O)c1cc2c(cc1[N+](=O)[O-])OCN2C. The molecule has 0 saturated heterocycles. The van der Waals surface area contributed by atoms with Crippen LogP contribution >= 0.6 is 0 Å². The number of rotatable bonds is 2. The molecule has 0 bridgehead atoms. The Bertz CT molecular complexity index is 445. The van der Waals surface area contributed by atoms with Crippen LogP contribution in [0.1, 0.15) is 18.6 Å². The molecule has 16 heavy (non-hydrogen) atoms. The molecule has 0 radical (unpaired) electrons. The third kappa shape index (κ3) is 1.57. The van der Waals surface area contributed by atoms with Crippen molar-refractivity contribution in [2.75, 3.05) is 18.7 Å². The Kier molecular flexibility index (Phi) is 2.43. The molecule has 1 aromatic rings. The monoisotopic (exact) mass is 224 g/mol. The van der Waals surface area contributed by atoms with E-state index in [9.17, 15) is 15.2 Å². The summed E-state index contributed by atoms with van der Waals surface area (Å²) in [7, 11) is 1.82. The van der Waals surface area contributed by atoms with Gasteiger partial charge in [-0.05, 0) is 13.0 Å². The topological polar surface area (TPSA) is 75.8 Å². The lowest BCUT2D eigenvalue weighted by Gasteiger charge is -2.11. The smallest absolute Gasteiger partial charge is 0.279 e. The van der Waals surface area contributed by atoms with Crippen LogP contribution in [0.15, 0.2) is 12.1 Å². The predicted molar refractivity (Wildman–Crippen MR) is 57.6 cm³/mol. The standard InChI is InChI=1S/C10H12N2O4/c1-6(13)7-3-9-10(16-5-11(9)2)4-8(7)12(14)15/h3-4,6,13H,5H2,1-2H3. The van der Waals surface area contributed by atoms with Crippen molar-refractivity contribution in [3.8, 4) is 5.75 Å². The minimum Gasteiger partial charge on any atom is -0.471 e. The van der Waals surface area contributed by atoms with E-state index >= 15 is 0 Å². The molecule has 1 aliphatic rings. The second-order valence-corrected chi connectivity index (χ2v) is 3.78. The van der Waals surface area contributed by atoms with Crippen LogP contribution in [0, 0.1) is 10.1 Å². The molecular formula is C10H12N2O4. The van der Waals surface area contributed by atoms with Gasteiger partial charge in [-0.3, -0.25) is 10.1 Å². The molecule has 1 aromatic carbocycles. The number of hydrogen-bond acceptors (Lipinski definition) is 5. The summed E-state index contributed by atoms with van der Waals surface area (Å²) in [5.74, 6) is 0.485. The van der Waals surface area contributed by atoms with Gasteiger partial charge in [0.05, 0.1) is 28.3 Å². The molecule has 6 heteroatoms. The summed E-state index contributed by atoms with van der Waals surface area (Å²) in [5.41, 5.74) is 0.964. The third-order valence-corrected chi connectivity index (χ3v) is 2.58. The lowest BCUT2D eigenvalue weighted by atomic mass is 10.1. The lowest BCUT2D eigenvalue weighted by Crippen LogP contribution is -2.15. The number of hydrogen-bond donors (Lipinski definition) is 1. The van der Waals surface area contributed by atoms with Crippen molar-refractivity contribution in [3.63, 3.8) is 0 Å².